The largest absolute Gasteiger partial charge is 0.481 e. The summed E-state index contributed by atoms with van der Waals surface area (Å²) in [5, 5.41) is 12.0. The van der Waals surface area contributed by atoms with Crippen molar-refractivity contribution in [2.24, 2.45) is 0 Å². The van der Waals surface area contributed by atoms with Gasteiger partial charge in [-0.1, -0.05) is 0 Å². The number of carbonyl (C=O) groups is 2. The maximum absolute atomic E-state index is 12.4. The van der Waals surface area contributed by atoms with Crippen molar-refractivity contribution in [1.82, 2.24) is 5.32 Å². The van der Waals surface area contributed by atoms with Gasteiger partial charge in [0.15, 0.2) is 0 Å². The highest BCUT2D eigenvalue weighted by Crippen LogP contribution is 2.27. The topological polar surface area (TPSA) is 75.6 Å². The molecule has 0 bridgehead atoms. The Morgan fingerprint density at radius 3 is 2.55 bits per heavy atom. The van der Waals surface area contributed by atoms with Crippen molar-refractivity contribution < 1.29 is 19.4 Å². The monoisotopic (exact) mass is 297 g/mol. The quantitative estimate of drug-likeness (QED) is 0.892. The lowest BCUT2D eigenvalue weighted by atomic mass is 9.86. The molecule has 0 radical (unpaired) electrons. The van der Waals surface area contributed by atoms with Gasteiger partial charge >= 0.3 is 5.97 Å². The Balaban J connectivity index is 2.17. The van der Waals surface area contributed by atoms with E-state index in [1.165, 1.54) is 11.3 Å². The summed E-state index contributed by atoms with van der Waals surface area (Å²) >= 11 is 1.44. The lowest BCUT2D eigenvalue weighted by Gasteiger charge is -2.36. The summed E-state index contributed by atoms with van der Waals surface area (Å²) in [5.41, 5.74) is 0.244. The summed E-state index contributed by atoms with van der Waals surface area (Å²) in [7, 11) is 0. The number of carboxylic acid groups (broad SMARTS) is 1. The van der Waals surface area contributed by atoms with E-state index < -0.39 is 11.5 Å². The Hall–Kier alpha value is -1.40. The molecule has 0 saturated carbocycles. The number of aryl methyl sites for hydroxylation is 2. The number of carbonyl (C=O) groups excluding carboxylic acids is 1. The molecule has 5 nitrogen and oxygen atoms in total. The average Bonchev–Trinajstić information content (AvgIpc) is 2.68. The fraction of sp³-hybridized carbons (Fsp3) is 0.571. The smallest absolute Gasteiger partial charge is 0.305 e. The number of aliphatic carboxylic acids is 1. The van der Waals surface area contributed by atoms with Crippen LogP contribution in [0.2, 0.25) is 0 Å². The second-order valence-electron chi connectivity index (χ2n) is 5.29. The van der Waals surface area contributed by atoms with Gasteiger partial charge in [0, 0.05) is 18.1 Å². The Labute approximate surface area is 121 Å². The lowest BCUT2D eigenvalue weighted by Crippen LogP contribution is -2.53. The molecule has 1 aliphatic heterocycles. The van der Waals surface area contributed by atoms with Crippen LogP contribution in [0.1, 0.15) is 39.4 Å². The first kappa shape index (κ1) is 15.0. The van der Waals surface area contributed by atoms with Crippen LogP contribution in [0.5, 0.6) is 0 Å². The molecule has 2 rings (SSSR count). The highest BCUT2D eigenvalue weighted by Gasteiger charge is 2.37. The molecule has 1 fully saturated rings. The van der Waals surface area contributed by atoms with Crippen LogP contribution >= 0.6 is 11.3 Å². The van der Waals surface area contributed by atoms with Crippen molar-refractivity contribution in [3.05, 3.63) is 21.4 Å². The average molecular weight is 297 g/mol. The van der Waals surface area contributed by atoms with Gasteiger partial charge in [-0.25, -0.2) is 0 Å². The number of carboxylic acids is 1. The third-order valence-corrected chi connectivity index (χ3v) is 4.72. The van der Waals surface area contributed by atoms with Crippen molar-refractivity contribution in [3.63, 3.8) is 0 Å². The third kappa shape index (κ3) is 3.37. The molecule has 2 heterocycles. The van der Waals surface area contributed by atoms with Gasteiger partial charge in [0.1, 0.15) is 0 Å². The maximum atomic E-state index is 12.4. The summed E-state index contributed by atoms with van der Waals surface area (Å²) in [6, 6.07) is 1.97. The summed E-state index contributed by atoms with van der Waals surface area (Å²) in [4.78, 5) is 25.2. The molecule has 110 valence electrons. The number of hydrogen-bond donors (Lipinski definition) is 2. The fourth-order valence-corrected chi connectivity index (χ4v) is 3.48. The summed E-state index contributed by atoms with van der Waals surface area (Å²) in [6.45, 7) is 4.81. The highest BCUT2D eigenvalue weighted by atomic mass is 32.1. The lowest BCUT2D eigenvalue weighted by molar-refractivity contribution is -0.139. The van der Waals surface area contributed by atoms with E-state index in [9.17, 15) is 9.59 Å². The van der Waals surface area contributed by atoms with E-state index in [1.54, 1.807) is 0 Å². The molecule has 0 atom stereocenters. The molecule has 1 aromatic rings. The molecule has 1 aliphatic rings. The SMILES string of the molecule is Cc1cc(C)c(C(=O)NC2(CC(=O)O)CCOCC2)s1. The van der Waals surface area contributed by atoms with E-state index in [4.69, 9.17) is 9.84 Å². The normalized spacial score (nSPS) is 17.7. The first-order valence-corrected chi connectivity index (χ1v) is 7.43. The number of ether oxygens (including phenoxy) is 1. The van der Waals surface area contributed by atoms with E-state index in [0.29, 0.717) is 30.9 Å². The highest BCUT2D eigenvalue weighted by molar-refractivity contribution is 7.14. The van der Waals surface area contributed by atoms with Crippen LogP contribution in [0.4, 0.5) is 0 Å². The van der Waals surface area contributed by atoms with Crippen molar-refractivity contribution in [2.45, 2.75) is 38.6 Å². The van der Waals surface area contributed by atoms with Crippen molar-refractivity contribution in [1.29, 1.82) is 0 Å². The summed E-state index contributed by atoms with van der Waals surface area (Å²) in [6.07, 6.45) is 1.01. The second-order valence-corrected chi connectivity index (χ2v) is 6.54. The Kier molecular flexibility index (Phi) is 4.45. The van der Waals surface area contributed by atoms with Crippen LogP contribution in [0, 0.1) is 13.8 Å². The zero-order chi connectivity index (χ0) is 14.8. The number of thiophene rings is 1. The molecule has 1 aromatic heterocycles. The summed E-state index contributed by atoms with van der Waals surface area (Å²) in [5.74, 6) is -1.07. The van der Waals surface area contributed by atoms with E-state index in [0.717, 1.165) is 10.4 Å². The van der Waals surface area contributed by atoms with Gasteiger partial charge in [-0.3, -0.25) is 9.59 Å². The molecule has 20 heavy (non-hydrogen) atoms. The molecule has 0 aromatic carbocycles. The van der Waals surface area contributed by atoms with Gasteiger partial charge in [-0.15, -0.1) is 11.3 Å². The zero-order valence-corrected chi connectivity index (χ0v) is 12.5. The van der Waals surface area contributed by atoms with E-state index >= 15 is 0 Å². The van der Waals surface area contributed by atoms with E-state index in [1.807, 2.05) is 19.9 Å². The number of hydrogen-bond acceptors (Lipinski definition) is 4. The minimum atomic E-state index is -0.897. The Morgan fingerprint density at radius 2 is 2.05 bits per heavy atom. The molecule has 0 aliphatic carbocycles. The van der Waals surface area contributed by atoms with Gasteiger partial charge in [0.2, 0.25) is 0 Å². The van der Waals surface area contributed by atoms with Gasteiger partial charge in [0.25, 0.3) is 5.91 Å². The molecular weight excluding hydrogens is 278 g/mol. The van der Waals surface area contributed by atoms with Gasteiger partial charge in [-0.2, -0.15) is 0 Å². The standard InChI is InChI=1S/C14H19NO4S/c1-9-7-10(2)20-12(9)13(18)15-14(8-11(16)17)3-5-19-6-4-14/h7H,3-6,8H2,1-2H3,(H,15,18)(H,16,17). The predicted octanol–water partition coefficient (Wildman–Crippen LogP) is 2.12. The van der Waals surface area contributed by atoms with Crippen LogP contribution in [0.25, 0.3) is 0 Å². The fourth-order valence-electron chi connectivity index (χ4n) is 2.56. The first-order valence-electron chi connectivity index (χ1n) is 6.61. The van der Waals surface area contributed by atoms with Crippen LogP contribution in [0.15, 0.2) is 6.07 Å². The number of amides is 1. The number of rotatable bonds is 4. The maximum Gasteiger partial charge on any atom is 0.305 e. The van der Waals surface area contributed by atoms with Crippen LogP contribution in [-0.2, 0) is 9.53 Å². The van der Waals surface area contributed by atoms with Crippen LogP contribution in [0.3, 0.4) is 0 Å². The minimum absolute atomic E-state index is 0.0640. The summed E-state index contributed by atoms with van der Waals surface area (Å²) < 4.78 is 5.28. The predicted molar refractivity (Wildman–Crippen MR) is 76.3 cm³/mol. The molecule has 0 unspecified atom stereocenters. The molecule has 2 N–H and O–H groups in total. The first-order chi connectivity index (χ1) is 9.42. The molecule has 1 amide bonds. The zero-order valence-electron chi connectivity index (χ0n) is 11.7. The molecule has 1 saturated heterocycles. The second kappa shape index (κ2) is 5.93. The van der Waals surface area contributed by atoms with Gasteiger partial charge in [0.05, 0.1) is 16.8 Å². The third-order valence-electron chi connectivity index (χ3n) is 3.57. The van der Waals surface area contributed by atoms with Gasteiger partial charge in [-0.05, 0) is 38.3 Å². The van der Waals surface area contributed by atoms with Gasteiger partial charge < -0.3 is 15.2 Å². The van der Waals surface area contributed by atoms with E-state index in [-0.39, 0.29) is 12.3 Å². The molecular formula is C14H19NO4S. The molecule has 0 spiro atoms. The van der Waals surface area contributed by atoms with Crippen LogP contribution < -0.4 is 5.32 Å². The molecule has 6 heteroatoms. The van der Waals surface area contributed by atoms with Crippen molar-refractivity contribution in [2.75, 3.05) is 13.2 Å². The van der Waals surface area contributed by atoms with Crippen molar-refractivity contribution in [3.8, 4) is 0 Å². The van der Waals surface area contributed by atoms with Crippen molar-refractivity contribution >= 4 is 23.2 Å². The van der Waals surface area contributed by atoms with Crippen LogP contribution in [-0.4, -0.2) is 35.7 Å². The Bertz CT molecular complexity index is 517. The minimum Gasteiger partial charge on any atom is -0.481 e. The van der Waals surface area contributed by atoms with E-state index in [2.05, 4.69) is 5.32 Å². The number of nitrogens with one attached hydrogen (secondary N) is 1. The Morgan fingerprint density at radius 1 is 1.40 bits per heavy atom.